The molecule has 2 atom stereocenters. The minimum atomic E-state index is -0.0375. The van der Waals surface area contributed by atoms with E-state index in [0.29, 0.717) is 13.1 Å². The Morgan fingerprint density at radius 2 is 2.25 bits per heavy atom. The summed E-state index contributed by atoms with van der Waals surface area (Å²) in [5, 5.41) is 6.05. The van der Waals surface area contributed by atoms with E-state index in [4.69, 9.17) is 0 Å². The van der Waals surface area contributed by atoms with Gasteiger partial charge in [-0.25, -0.2) is 0 Å². The zero-order valence-electron chi connectivity index (χ0n) is 9.66. The molecule has 0 aliphatic carbocycles. The fourth-order valence-electron chi connectivity index (χ4n) is 2.42. The number of rotatable bonds is 1. The highest BCUT2D eigenvalue weighted by molar-refractivity contribution is 5.86. The fourth-order valence-corrected chi connectivity index (χ4v) is 2.42. The monoisotopic (exact) mass is 225 g/mol. The molecule has 90 valence electrons. The number of hydrogen-bond acceptors (Lipinski definition) is 3. The second-order valence-electron chi connectivity index (χ2n) is 4.60. The lowest BCUT2D eigenvalue weighted by Crippen LogP contribution is -2.43. The third-order valence-electron chi connectivity index (χ3n) is 3.42. The third kappa shape index (κ3) is 2.35. The van der Waals surface area contributed by atoms with E-state index in [2.05, 4.69) is 10.6 Å². The van der Waals surface area contributed by atoms with Crippen molar-refractivity contribution in [1.82, 2.24) is 15.5 Å². The lowest BCUT2D eigenvalue weighted by molar-refractivity contribution is -0.138. The molecule has 2 unspecified atom stereocenters. The molecule has 0 bridgehead atoms. The van der Waals surface area contributed by atoms with Gasteiger partial charge in [0.1, 0.15) is 0 Å². The smallest absolute Gasteiger partial charge is 0.239 e. The molecule has 2 rings (SSSR count). The topological polar surface area (TPSA) is 61.4 Å². The Labute approximate surface area is 95.6 Å². The Hall–Kier alpha value is -1.10. The van der Waals surface area contributed by atoms with Gasteiger partial charge in [-0.15, -0.1) is 0 Å². The number of carbonyl (C=O) groups is 2. The molecule has 2 saturated heterocycles. The first-order chi connectivity index (χ1) is 7.68. The van der Waals surface area contributed by atoms with Crippen molar-refractivity contribution in [2.45, 2.75) is 25.8 Å². The minimum absolute atomic E-state index is 0.0375. The molecule has 0 aromatic heterocycles. The molecule has 2 aliphatic heterocycles. The van der Waals surface area contributed by atoms with Gasteiger partial charge in [0.2, 0.25) is 11.8 Å². The van der Waals surface area contributed by atoms with E-state index in [1.54, 1.807) is 4.90 Å². The second-order valence-corrected chi connectivity index (χ2v) is 4.60. The summed E-state index contributed by atoms with van der Waals surface area (Å²) < 4.78 is 0. The van der Waals surface area contributed by atoms with E-state index < -0.39 is 0 Å². The first kappa shape index (κ1) is 11.4. The molecule has 2 amide bonds. The van der Waals surface area contributed by atoms with Crippen LogP contribution in [0.25, 0.3) is 0 Å². The maximum atomic E-state index is 12.2. The molecule has 0 aromatic rings. The summed E-state index contributed by atoms with van der Waals surface area (Å²) in [6, 6.07) is 0.235. The summed E-state index contributed by atoms with van der Waals surface area (Å²) in [5.74, 6) is 0.143. The van der Waals surface area contributed by atoms with Crippen molar-refractivity contribution < 1.29 is 9.59 Å². The van der Waals surface area contributed by atoms with Crippen molar-refractivity contribution in [2.24, 2.45) is 5.92 Å². The average Bonchev–Trinajstić information content (AvgIpc) is 2.55. The van der Waals surface area contributed by atoms with Crippen LogP contribution >= 0.6 is 0 Å². The lowest BCUT2D eigenvalue weighted by atomic mass is 10.0. The molecule has 2 aliphatic rings. The zero-order chi connectivity index (χ0) is 11.5. The van der Waals surface area contributed by atoms with E-state index in [9.17, 15) is 9.59 Å². The molecule has 2 heterocycles. The summed E-state index contributed by atoms with van der Waals surface area (Å²) in [7, 11) is 0. The number of hydrogen-bond donors (Lipinski definition) is 2. The summed E-state index contributed by atoms with van der Waals surface area (Å²) in [6.07, 6.45) is 1.74. The minimum Gasteiger partial charge on any atom is -0.354 e. The lowest BCUT2D eigenvalue weighted by Gasteiger charge is -2.24. The molecule has 2 N–H and O–H groups in total. The van der Waals surface area contributed by atoms with Gasteiger partial charge in [0.25, 0.3) is 0 Å². The molecule has 16 heavy (non-hydrogen) atoms. The highest BCUT2D eigenvalue weighted by atomic mass is 16.2. The van der Waals surface area contributed by atoms with Gasteiger partial charge in [-0.2, -0.15) is 0 Å². The van der Waals surface area contributed by atoms with Crippen molar-refractivity contribution in [2.75, 3.05) is 26.2 Å². The van der Waals surface area contributed by atoms with E-state index >= 15 is 0 Å². The molecule has 0 saturated carbocycles. The molecule has 0 radical (unpaired) electrons. The van der Waals surface area contributed by atoms with Crippen LogP contribution in [0.4, 0.5) is 0 Å². The van der Waals surface area contributed by atoms with Gasteiger partial charge < -0.3 is 15.5 Å². The highest BCUT2D eigenvalue weighted by Crippen LogP contribution is 2.18. The standard InChI is InChI=1S/C11H19N3O2/c1-8-9(3-5-12-8)11(16)14-6-2-4-13-10(15)7-14/h8-9,12H,2-7H2,1H3,(H,13,15). The Morgan fingerprint density at radius 1 is 1.44 bits per heavy atom. The number of carbonyl (C=O) groups excluding carboxylic acids is 2. The number of amides is 2. The van der Waals surface area contributed by atoms with Gasteiger partial charge in [-0.3, -0.25) is 9.59 Å². The zero-order valence-corrected chi connectivity index (χ0v) is 9.66. The van der Waals surface area contributed by atoms with Crippen molar-refractivity contribution in [3.63, 3.8) is 0 Å². The summed E-state index contributed by atoms with van der Waals surface area (Å²) in [4.78, 5) is 25.3. The van der Waals surface area contributed by atoms with E-state index in [0.717, 1.165) is 19.4 Å². The van der Waals surface area contributed by atoms with Crippen LogP contribution in [0.2, 0.25) is 0 Å². The average molecular weight is 225 g/mol. The summed E-state index contributed by atoms with van der Waals surface area (Å²) >= 11 is 0. The first-order valence-corrected chi connectivity index (χ1v) is 5.97. The maximum absolute atomic E-state index is 12.2. The van der Waals surface area contributed by atoms with E-state index in [-0.39, 0.29) is 30.3 Å². The van der Waals surface area contributed by atoms with Gasteiger partial charge >= 0.3 is 0 Å². The summed E-state index contributed by atoms with van der Waals surface area (Å²) in [5.41, 5.74) is 0. The van der Waals surface area contributed by atoms with Gasteiger partial charge in [-0.05, 0) is 26.3 Å². The van der Waals surface area contributed by atoms with Crippen LogP contribution in [0, 0.1) is 5.92 Å². The van der Waals surface area contributed by atoms with E-state index in [1.165, 1.54) is 0 Å². The predicted molar refractivity (Wildman–Crippen MR) is 59.8 cm³/mol. The van der Waals surface area contributed by atoms with Crippen LogP contribution in [0.3, 0.4) is 0 Å². The van der Waals surface area contributed by atoms with Gasteiger partial charge in [0.15, 0.2) is 0 Å². The fraction of sp³-hybridized carbons (Fsp3) is 0.818. The molecule has 0 spiro atoms. The molecule has 2 fully saturated rings. The Balaban J connectivity index is 1.99. The third-order valence-corrected chi connectivity index (χ3v) is 3.42. The van der Waals surface area contributed by atoms with Gasteiger partial charge in [-0.1, -0.05) is 0 Å². The highest BCUT2D eigenvalue weighted by Gasteiger charge is 2.33. The largest absolute Gasteiger partial charge is 0.354 e. The Bertz CT molecular complexity index is 293. The summed E-state index contributed by atoms with van der Waals surface area (Å²) in [6.45, 7) is 4.54. The van der Waals surface area contributed by atoms with Crippen molar-refractivity contribution in [3.05, 3.63) is 0 Å². The molecule has 0 aromatic carbocycles. The van der Waals surface area contributed by atoms with Crippen LogP contribution < -0.4 is 10.6 Å². The van der Waals surface area contributed by atoms with Gasteiger partial charge in [0, 0.05) is 19.1 Å². The SMILES string of the molecule is CC1NCCC1C(=O)N1CCCNC(=O)C1. The Kier molecular flexibility index (Phi) is 3.43. The van der Waals surface area contributed by atoms with Crippen LogP contribution in [0.15, 0.2) is 0 Å². The quantitative estimate of drug-likeness (QED) is 0.622. The molecule has 5 nitrogen and oxygen atoms in total. The predicted octanol–water partition coefficient (Wildman–Crippen LogP) is -0.667. The van der Waals surface area contributed by atoms with Crippen LogP contribution in [-0.2, 0) is 9.59 Å². The van der Waals surface area contributed by atoms with Crippen LogP contribution in [-0.4, -0.2) is 48.9 Å². The van der Waals surface area contributed by atoms with Crippen molar-refractivity contribution >= 4 is 11.8 Å². The van der Waals surface area contributed by atoms with Crippen molar-refractivity contribution in [3.8, 4) is 0 Å². The molecular weight excluding hydrogens is 206 g/mol. The van der Waals surface area contributed by atoms with Crippen LogP contribution in [0.5, 0.6) is 0 Å². The maximum Gasteiger partial charge on any atom is 0.239 e. The molecule has 5 heteroatoms. The number of nitrogens with zero attached hydrogens (tertiary/aromatic N) is 1. The van der Waals surface area contributed by atoms with Crippen LogP contribution in [0.1, 0.15) is 19.8 Å². The number of nitrogens with one attached hydrogen (secondary N) is 2. The second kappa shape index (κ2) is 4.82. The Morgan fingerprint density at radius 3 is 2.94 bits per heavy atom. The van der Waals surface area contributed by atoms with E-state index in [1.807, 2.05) is 6.92 Å². The molecular formula is C11H19N3O2. The van der Waals surface area contributed by atoms with Gasteiger partial charge in [0.05, 0.1) is 12.5 Å². The van der Waals surface area contributed by atoms with Crippen molar-refractivity contribution in [1.29, 1.82) is 0 Å². The normalized spacial score (nSPS) is 31.1. The first-order valence-electron chi connectivity index (χ1n) is 5.97.